The van der Waals surface area contributed by atoms with Crippen LogP contribution in [0.25, 0.3) is 0 Å². The molecule has 1 saturated heterocycles. The maximum absolute atomic E-state index is 12.7. The Morgan fingerprint density at radius 3 is 2.41 bits per heavy atom. The highest BCUT2D eigenvalue weighted by Gasteiger charge is 2.32. The van der Waals surface area contributed by atoms with E-state index in [1.807, 2.05) is 0 Å². The molecule has 0 bridgehead atoms. The van der Waals surface area contributed by atoms with E-state index in [0.717, 1.165) is 31.4 Å². The lowest BCUT2D eigenvalue weighted by molar-refractivity contribution is -0.148. The second-order valence-corrected chi connectivity index (χ2v) is 7.36. The number of aliphatic imine (C=N–C) groups is 1. The number of likely N-dealkylation sites (tertiary alicyclic amines) is 1. The minimum absolute atomic E-state index is 0. The first-order valence-electron chi connectivity index (χ1n) is 9.96. The lowest BCUT2D eigenvalue weighted by Gasteiger charge is -2.32. The van der Waals surface area contributed by atoms with E-state index in [1.165, 1.54) is 17.0 Å². The predicted octanol–water partition coefficient (Wildman–Crippen LogP) is 4.50. The van der Waals surface area contributed by atoms with E-state index in [-0.39, 0.29) is 36.1 Å². The summed E-state index contributed by atoms with van der Waals surface area (Å²) >= 11 is 0. The summed E-state index contributed by atoms with van der Waals surface area (Å²) in [5.74, 6) is 6.31. The van der Waals surface area contributed by atoms with Gasteiger partial charge in [0.1, 0.15) is 0 Å². The Morgan fingerprint density at radius 2 is 1.81 bits per heavy atom. The van der Waals surface area contributed by atoms with Crippen LogP contribution in [-0.4, -0.2) is 56.8 Å². The van der Waals surface area contributed by atoms with Gasteiger partial charge in [0, 0.05) is 19.2 Å². The van der Waals surface area contributed by atoms with E-state index in [9.17, 15) is 26.3 Å². The van der Waals surface area contributed by atoms with Crippen LogP contribution in [0.5, 0.6) is 0 Å². The van der Waals surface area contributed by atoms with Crippen molar-refractivity contribution in [2.75, 3.05) is 39.8 Å². The molecule has 1 heterocycles. The molecule has 4 nitrogen and oxygen atoms in total. The Labute approximate surface area is 201 Å². The number of piperidine rings is 1. The average molecular weight is 576 g/mol. The summed E-state index contributed by atoms with van der Waals surface area (Å²) in [6.07, 6.45) is -6.29. The smallest absolute Gasteiger partial charge is 0.356 e. The zero-order valence-electron chi connectivity index (χ0n) is 17.6. The third-order valence-corrected chi connectivity index (χ3v) is 4.95. The van der Waals surface area contributed by atoms with Crippen molar-refractivity contribution in [2.45, 2.75) is 31.6 Å². The van der Waals surface area contributed by atoms with E-state index >= 15 is 0 Å². The van der Waals surface area contributed by atoms with Crippen molar-refractivity contribution in [3.8, 4) is 11.8 Å². The number of hydrogen-bond donors (Lipinski definition) is 2. The van der Waals surface area contributed by atoms with E-state index in [4.69, 9.17) is 0 Å². The summed E-state index contributed by atoms with van der Waals surface area (Å²) in [4.78, 5) is 5.50. The van der Waals surface area contributed by atoms with Gasteiger partial charge in [0.05, 0.1) is 18.7 Å². The maximum atomic E-state index is 12.7. The van der Waals surface area contributed by atoms with Gasteiger partial charge in [-0.15, -0.1) is 24.0 Å². The molecule has 1 fully saturated rings. The Kier molecular flexibility index (Phi) is 11.6. The molecule has 0 aromatic heterocycles. The number of benzene rings is 1. The predicted molar refractivity (Wildman–Crippen MR) is 123 cm³/mol. The van der Waals surface area contributed by atoms with Crippen molar-refractivity contribution in [3.63, 3.8) is 0 Å². The Morgan fingerprint density at radius 1 is 1.12 bits per heavy atom. The van der Waals surface area contributed by atoms with Crippen LogP contribution in [0.3, 0.4) is 0 Å². The number of hydrogen-bond acceptors (Lipinski definition) is 2. The van der Waals surface area contributed by atoms with Gasteiger partial charge in [0.25, 0.3) is 0 Å². The standard InChI is InChI=1S/C21H26F6N4.HI/c1-28-19(29-10-3-5-17-4-2-6-18(14-17)21(25,26)27)30-11-7-16-8-12-31(13-9-16)15-20(22,23)24;/h2,4,6,14,16H,7-13,15H2,1H3,(H2,28,29,30);1H. The van der Waals surface area contributed by atoms with Gasteiger partial charge in [-0.3, -0.25) is 9.89 Å². The van der Waals surface area contributed by atoms with Crippen molar-refractivity contribution in [2.24, 2.45) is 10.9 Å². The van der Waals surface area contributed by atoms with Crippen LogP contribution in [0.2, 0.25) is 0 Å². The zero-order chi connectivity index (χ0) is 22.9. The maximum Gasteiger partial charge on any atom is 0.416 e. The second-order valence-electron chi connectivity index (χ2n) is 7.36. The monoisotopic (exact) mass is 576 g/mol. The fourth-order valence-electron chi connectivity index (χ4n) is 3.35. The Hall–Kier alpha value is -1.68. The molecule has 0 amide bonds. The highest BCUT2D eigenvalue weighted by molar-refractivity contribution is 14.0. The van der Waals surface area contributed by atoms with Crippen molar-refractivity contribution in [1.29, 1.82) is 0 Å². The van der Waals surface area contributed by atoms with Crippen LogP contribution in [0.4, 0.5) is 26.3 Å². The topological polar surface area (TPSA) is 39.7 Å². The van der Waals surface area contributed by atoms with E-state index in [2.05, 4.69) is 27.5 Å². The van der Waals surface area contributed by atoms with Gasteiger partial charge in [0.15, 0.2) is 5.96 Å². The number of guanidine groups is 1. The summed E-state index contributed by atoms with van der Waals surface area (Å²) in [6, 6.07) is 4.82. The molecule has 2 rings (SSSR count). The summed E-state index contributed by atoms with van der Waals surface area (Å²) in [5.41, 5.74) is -0.467. The molecule has 0 saturated carbocycles. The molecule has 1 aliphatic heterocycles. The third kappa shape index (κ3) is 10.8. The fourth-order valence-corrected chi connectivity index (χ4v) is 3.35. The molecule has 32 heavy (non-hydrogen) atoms. The molecule has 11 heteroatoms. The van der Waals surface area contributed by atoms with Gasteiger partial charge in [-0.25, -0.2) is 0 Å². The minimum atomic E-state index is -4.41. The molecule has 1 aromatic carbocycles. The third-order valence-electron chi connectivity index (χ3n) is 4.95. The zero-order valence-corrected chi connectivity index (χ0v) is 19.9. The number of nitrogens with zero attached hydrogens (tertiary/aromatic N) is 2. The molecule has 1 aromatic rings. The normalized spacial score (nSPS) is 16.0. The molecule has 0 unspecified atom stereocenters. The molecule has 180 valence electrons. The molecule has 0 aliphatic carbocycles. The first-order chi connectivity index (χ1) is 14.6. The van der Waals surface area contributed by atoms with E-state index in [1.54, 1.807) is 7.05 Å². The molecule has 0 radical (unpaired) electrons. The molecule has 2 N–H and O–H groups in total. The second kappa shape index (κ2) is 13.1. The van der Waals surface area contributed by atoms with Crippen molar-refractivity contribution >= 4 is 29.9 Å². The largest absolute Gasteiger partial charge is 0.416 e. The van der Waals surface area contributed by atoms with Gasteiger partial charge in [-0.05, 0) is 56.5 Å². The fraction of sp³-hybridized carbons (Fsp3) is 0.571. The number of halogens is 7. The van der Waals surface area contributed by atoms with Crippen LogP contribution < -0.4 is 10.6 Å². The summed E-state index contributed by atoms with van der Waals surface area (Å²) in [6.45, 7) is 0.858. The van der Waals surface area contributed by atoms with Crippen molar-refractivity contribution in [3.05, 3.63) is 35.4 Å². The van der Waals surface area contributed by atoms with Gasteiger partial charge in [-0.2, -0.15) is 26.3 Å². The highest BCUT2D eigenvalue weighted by atomic mass is 127. The quantitative estimate of drug-likeness (QED) is 0.178. The molecular weight excluding hydrogens is 549 g/mol. The molecule has 0 spiro atoms. The summed E-state index contributed by atoms with van der Waals surface area (Å²) < 4.78 is 75.4. The first kappa shape index (κ1) is 28.4. The lowest BCUT2D eigenvalue weighted by atomic mass is 9.93. The van der Waals surface area contributed by atoms with Crippen LogP contribution >= 0.6 is 24.0 Å². The lowest BCUT2D eigenvalue weighted by Crippen LogP contribution is -2.41. The van der Waals surface area contributed by atoms with Crippen LogP contribution in [0.1, 0.15) is 30.4 Å². The summed E-state index contributed by atoms with van der Waals surface area (Å²) in [7, 11) is 1.59. The van der Waals surface area contributed by atoms with Crippen molar-refractivity contribution < 1.29 is 26.3 Å². The van der Waals surface area contributed by atoms with Gasteiger partial charge >= 0.3 is 12.4 Å². The van der Waals surface area contributed by atoms with Gasteiger partial charge in [-0.1, -0.05) is 17.9 Å². The number of rotatable bonds is 5. The van der Waals surface area contributed by atoms with Gasteiger partial charge < -0.3 is 10.6 Å². The van der Waals surface area contributed by atoms with Crippen LogP contribution in [-0.2, 0) is 6.18 Å². The Balaban J connectivity index is 0.00000512. The SMILES string of the molecule is CN=C(NCC#Cc1cccc(C(F)(F)F)c1)NCCC1CCN(CC(F)(F)F)CC1.I. The molecule has 1 aliphatic rings. The number of alkyl halides is 6. The van der Waals surface area contributed by atoms with Crippen LogP contribution in [0, 0.1) is 17.8 Å². The summed E-state index contributed by atoms with van der Waals surface area (Å²) in [5, 5.41) is 6.09. The Bertz CT molecular complexity index is 790. The number of nitrogens with one attached hydrogen (secondary N) is 2. The average Bonchev–Trinajstić information content (AvgIpc) is 2.69. The van der Waals surface area contributed by atoms with E-state index in [0.29, 0.717) is 31.5 Å². The highest BCUT2D eigenvalue weighted by Crippen LogP contribution is 2.29. The van der Waals surface area contributed by atoms with Crippen molar-refractivity contribution in [1.82, 2.24) is 15.5 Å². The van der Waals surface area contributed by atoms with Crippen LogP contribution in [0.15, 0.2) is 29.3 Å². The molecular formula is C21H27F6IN4. The minimum Gasteiger partial charge on any atom is -0.356 e. The molecule has 0 atom stereocenters. The van der Waals surface area contributed by atoms with Gasteiger partial charge in [0.2, 0.25) is 0 Å². The first-order valence-corrected chi connectivity index (χ1v) is 9.96. The van der Waals surface area contributed by atoms with E-state index < -0.39 is 24.5 Å².